The summed E-state index contributed by atoms with van der Waals surface area (Å²) >= 11 is 9.39. The lowest BCUT2D eigenvalue weighted by Crippen LogP contribution is -2.13. The number of alkyl halides is 1. The van der Waals surface area contributed by atoms with E-state index in [4.69, 9.17) is 11.6 Å². The van der Waals surface area contributed by atoms with E-state index in [9.17, 15) is 4.39 Å². The first-order chi connectivity index (χ1) is 7.04. The lowest BCUT2D eigenvalue weighted by Gasteiger charge is -2.18. The van der Waals surface area contributed by atoms with Crippen molar-refractivity contribution >= 4 is 27.5 Å². The van der Waals surface area contributed by atoms with Crippen molar-refractivity contribution in [1.82, 2.24) is 0 Å². The molecule has 0 aromatic heterocycles. The van der Waals surface area contributed by atoms with E-state index < -0.39 is 0 Å². The van der Waals surface area contributed by atoms with Crippen LogP contribution >= 0.6 is 27.5 Å². The molecule has 0 N–H and O–H groups in total. The molecule has 0 aliphatic heterocycles. The van der Waals surface area contributed by atoms with Crippen LogP contribution in [0.2, 0.25) is 5.02 Å². The maximum atomic E-state index is 13.5. The predicted octanol–water partition coefficient (Wildman–Crippen LogP) is 4.83. The number of halogens is 3. The smallest absolute Gasteiger partial charge is 0.126 e. The molecule has 0 nitrogen and oxygen atoms in total. The fourth-order valence-electron chi connectivity index (χ4n) is 1.61. The standard InChI is InChI=1S/C12H15BrClF/c1-3-9(8(2)13)6-10-7-11(14)4-5-12(10)15/h4-5,7-9H,3,6H2,1-2H3. The summed E-state index contributed by atoms with van der Waals surface area (Å²) in [6.45, 7) is 4.21. The Labute approximate surface area is 104 Å². The molecule has 0 bridgehead atoms. The molecule has 0 radical (unpaired) electrons. The molecular formula is C12H15BrClF. The summed E-state index contributed by atoms with van der Waals surface area (Å²) in [5, 5.41) is 0.600. The Balaban J connectivity index is 2.82. The Kier molecular flexibility index (Phi) is 5.07. The van der Waals surface area contributed by atoms with Gasteiger partial charge in [0, 0.05) is 9.85 Å². The Morgan fingerprint density at radius 2 is 2.13 bits per heavy atom. The van der Waals surface area contributed by atoms with Gasteiger partial charge >= 0.3 is 0 Å². The highest BCUT2D eigenvalue weighted by Gasteiger charge is 2.15. The van der Waals surface area contributed by atoms with Crippen LogP contribution in [-0.2, 0) is 6.42 Å². The Morgan fingerprint density at radius 3 is 2.67 bits per heavy atom. The zero-order chi connectivity index (χ0) is 11.4. The van der Waals surface area contributed by atoms with E-state index in [1.165, 1.54) is 6.07 Å². The quantitative estimate of drug-likeness (QED) is 0.697. The average Bonchev–Trinajstić information content (AvgIpc) is 2.18. The van der Waals surface area contributed by atoms with Crippen molar-refractivity contribution in [2.75, 3.05) is 0 Å². The fourth-order valence-corrected chi connectivity index (χ4v) is 2.37. The zero-order valence-electron chi connectivity index (χ0n) is 8.93. The number of hydrogen-bond acceptors (Lipinski definition) is 0. The molecule has 0 saturated heterocycles. The van der Waals surface area contributed by atoms with Crippen molar-refractivity contribution in [2.24, 2.45) is 5.92 Å². The van der Waals surface area contributed by atoms with Gasteiger partial charge in [-0.1, -0.05) is 47.8 Å². The van der Waals surface area contributed by atoms with Crippen LogP contribution in [0.15, 0.2) is 18.2 Å². The minimum atomic E-state index is -0.161. The highest BCUT2D eigenvalue weighted by Crippen LogP contribution is 2.24. The third-order valence-electron chi connectivity index (χ3n) is 2.66. The Bertz CT molecular complexity index is 325. The second-order valence-corrected chi connectivity index (χ2v) is 5.67. The van der Waals surface area contributed by atoms with Crippen LogP contribution in [-0.4, -0.2) is 4.83 Å². The molecule has 1 rings (SSSR count). The van der Waals surface area contributed by atoms with Gasteiger partial charge < -0.3 is 0 Å². The van der Waals surface area contributed by atoms with Gasteiger partial charge in [-0.25, -0.2) is 4.39 Å². The number of rotatable bonds is 4. The summed E-state index contributed by atoms with van der Waals surface area (Å²) in [5.41, 5.74) is 0.709. The molecule has 15 heavy (non-hydrogen) atoms. The van der Waals surface area contributed by atoms with E-state index in [-0.39, 0.29) is 5.82 Å². The van der Waals surface area contributed by atoms with Gasteiger partial charge in [0.15, 0.2) is 0 Å². The molecule has 84 valence electrons. The van der Waals surface area contributed by atoms with Crippen LogP contribution in [0.25, 0.3) is 0 Å². The number of hydrogen-bond donors (Lipinski definition) is 0. The van der Waals surface area contributed by atoms with Crippen molar-refractivity contribution in [2.45, 2.75) is 31.5 Å². The van der Waals surface area contributed by atoms with Crippen molar-refractivity contribution < 1.29 is 4.39 Å². The second kappa shape index (κ2) is 5.86. The largest absolute Gasteiger partial charge is 0.207 e. The predicted molar refractivity (Wildman–Crippen MR) is 67.3 cm³/mol. The van der Waals surface area contributed by atoms with E-state index in [1.807, 2.05) is 0 Å². The van der Waals surface area contributed by atoms with Crippen LogP contribution in [0.1, 0.15) is 25.8 Å². The fraction of sp³-hybridized carbons (Fsp3) is 0.500. The van der Waals surface area contributed by atoms with E-state index in [1.54, 1.807) is 12.1 Å². The summed E-state index contributed by atoms with van der Waals surface area (Å²) in [6.07, 6.45) is 1.76. The van der Waals surface area contributed by atoms with Gasteiger partial charge in [0.05, 0.1) is 0 Å². The number of benzene rings is 1. The van der Waals surface area contributed by atoms with Crippen LogP contribution in [0.3, 0.4) is 0 Å². The van der Waals surface area contributed by atoms with Gasteiger partial charge in [0.1, 0.15) is 5.82 Å². The molecule has 0 spiro atoms. The second-order valence-electron chi connectivity index (χ2n) is 3.79. The molecule has 2 atom stereocenters. The van der Waals surface area contributed by atoms with E-state index in [2.05, 4.69) is 29.8 Å². The lowest BCUT2D eigenvalue weighted by atomic mass is 9.94. The van der Waals surface area contributed by atoms with Gasteiger partial charge in [0.25, 0.3) is 0 Å². The first kappa shape index (κ1) is 13.0. The Morgan fingerprint density at radius 1 is 1.47 bits per heavy atom. The molecule has 0 heterocycles. The molecule has 0 amide bonds. The minimum Gasteiger partial charge on any atom is -0.207 e. The molecule has 0 aliphatic rings. The van der Waals surface area contributed by atoms with Crippen LogP contribution in [0.4, 0.5) is 4.39 Å². The average molecular weight is 294 g/mol. The van der Waals surface area contributed by atoms with E-state index >= 15 is 0 Å². The summed E-state index contributed by atoms with van der Waals surface area (Å²) in [6, 6.07) is 4.73. The monoisotopic (exact) mass is 292 g/mol. The summed E-state index contributed by atoms with van der Waals surface area (Å²) in [5.74, 6) is 0.281. The topological polar surface area (TPSA) is 0 Å². The third kappa shape index (κ3) is 3.76. The van der Waals surface area contributed by atoms with Crippen LogP contribution in [0.5, 0.6) is 0 Å². The van der Waals surface area contributed by atoms with Crippen LogP contribution < -0.4 is 0 Å². The molecule has 3 heteroatoms. The summed E-state index contributed by atoms with van der Waals surface area (Å²) < 4.78 is 13.5. The molecule has 0 fully saturated rings. The highest BCUT2D eigenvalue weighted by molar-refractivity contribution is 9.09. The van der Waals surface area contributed by atoms with Gasteiger partial charge in [-0.3, -0.25) is 0 Å². The van der Waals surface area contributed by atoms with Gasteiger partial charge in [-0.05, 0) is 36.1 Å². The van der Waals surface area contributed by atoms with Gasteiger partial charge in [-0.2, -0.15) is 0 Å². The maximum Gasteiger partial charge on any atom is 0.126 e. The molecular weight excluding hydrogens is 278 g/mol. The van der Waals surface area contributed by atoms with Crippen molar-refractivity contribution in [3.05, 3.63) is 34.6 Å². The first-order valence-electron chi connectivity index (χ1n) is 5.12. The summed E-state index contributed by atoms with van der Waals surface area (Å²) in [4.78, 5) is 0.390. The van der Waals surface area contributed by atoms with Crippen molar-refractivity contribution in [3.8, 4) is 0 Å². The Hall–Kier alpha value is -0.0800. The minimum absolute atomic E-state index is 0.161. The van der Waals surface area contributed by atoms with E-state index in [0.29, 0.717) is 21.3 Å². The molecule has 0 saturated carbocycles. The first-order valence-corrected chi connectivity index (χ1v) is 6.42. The molecule has 1 aromatic carbocycles. The molecule has 2 unspecified atom stereocenters. The molecule has 0 aliphatic carbocycles. The maximum absolute atomic E-state index is 13.5. The van der Waals surface area contributed by atoms with Gasteiger partial charge in [0.2, 0.25) is 0 Å². The van der Waals surface area contributed by atoms with Crippen LogP contribution in [0, 0.1) is 11.7 Å². The van der Waals surface area contributed by atoms with Crippen molar-refractivity contribution in [3.63, 3.8) is 0 Å². The van der Waals surface area contributed by atoms with E-state index in [0.717, 1.165) is 12.8 Å². The zero-order valence-corrected chi connectivity index (χ0v) is 11.3. The third-order valence-corrected chi connectivity index (χ3v) is 3.65. The lowest BCUT2D eigenvalue weighted by molar-refractivity contribution is 0.491. The normalized spacial score (nSPS) is 15.0. The van der Waals surface area contributed by atoms with Crippen molar-refractivity contribution in [1.29, 1.82) is 0 Å². The molecule has 1 aromatic rings. The SMILES string of the molecule is CCC(Cc1cc(Cl)ccc1F)C(C)Br. The summed E-state index contributed by atoms with van der Waals surface area (Å²) in [7, 11) is 0. The highest BCUT2D eigenvalue weighted by atomic mass is 79.9. The van der Waals surface area contributed by atoms with Gasteiger partial charge in [-0.15, -0.1) is 0 Å².